The fraction of sp³-hybridized carbons (Fsp3) is 0.600. The molecule has 4 nitrogen and oxygen atoms in total. The lowest BCUT2D eigenvalue weighted by Gasteiger charge is -2.42. The van der Waals surface area contributed by atoms with Gasteiger partial charge in [0.25, 0.3) is 0 Å². The first-order valence-electron chi connectivity index (χ1n) is 13.3. The fourth-order valence-corrected chi connectivity index (χ4v) is 5.52. The Kier molecular flexibility index (Phi) is 7.47. The number of nitrogens with zero attached hydrogens (tertiary/aromatic N) is 4. The van der Waals surface area contributed by atoms with Crippen molar-refractivity contribution in [2.45, 2.75) is 84.0 Å². The number of aromatic nitrogens is 2. The minimum absolute atomic E-state index is 0.206. The van der Waals surface area contributed by atoms with Gasteiger partial charge in [0, 0.05) is 37.9 Å². The molecule has 0 N–H and O–H groups in total. The molecular weight excluding hydrogens is 416 g/mol. The molecule has 1 fully saturated rings. The van der Waals surface area contributed by atoms with Gasteiger partial charge in [-0.2, -0.15) is 0 Å². The zero-order valence-electron chi connectivity index (χ0n) is 22.2. The smallest absolute Gasteiger partial charge is 0.225 e. The summed E-state index contributed by atoms with van der Waals surface area (Å²) < 4.78 is 0. The molecule has 0 radical (unpaired) electrons. The molecule has 1 aliphatic carbocycles. The standard InChI is InChI=1S/C30H44N4/c1-23(2)10-8-7-9-17-33-18-20-34(21-19-33)28-31-16-13-27(32-28)24-11-12-25-26(22-24)30(5,6)15-14-29(25,3)4/h11-13,16,22H,1,7-10,14-15,17-21H2,2-6H3. The molecular formula is C30H44N4. The van der Waals surface area contributed by atoms with Gasteiger partial charge in [0.15, 0.2) is 0 Å². The maximum Gasteiger partial charge on any atom is 0.225 e. The Morgan fingerprint density at radius 2 is 1.62 bits per heavy atom. The van der Waals surface area contributed by atoms with Crippen LogP contribution in [0.15, 0.2) is 42.6 Å². The summed E-state index contributed by atoms with van der Waals surface area (Å²) >= 11 is 0. The van der Waals surface area contributed by atoms with Crippen molar-refractivity contribution in [2.24, 2.45) is 0 Å². The Morgan fingerprint density at radius 1 is 0.912 bits per heavy atom. The van der Waals surface area contributed by atoms with Crippen LogP contribution in [0.1, 0.15) is 84.3 Å². The molecule has 2 aliphatic rings. The summed E-state index contributed by atoms with van der Waals surface area (Å²) in [6, 6.07) is 9.07. The Hall–Kier alpha value is -2.20. The Morgan fingerprint density at radius 3 is 2.32 bits per heavy atom. The third-order valence-electron chi connectivity index (χ3n) is 8.02. The van der Waals surface area contributed by atoms with Crippen molar-refractivity contribution >= 4 is 5.95 Å². The lowest BCUT2D eigenvalue weighted by atomic mass is 9.63. The highest BCUT2D eigenvalue weighted by Crippen LogP contribution is 2.46. The van der Waals surface area contributed by atoms with Crippen molar-refractivity contribution in [2.75, 3.05) is 37.6 Å². The van der Waals surface area contributed by atoms with Crippen LogP contribution in [0.5, 0.6) is 0 Å². The first-order valence-corrected chi connectivity index (χ1v) is 13.3. The van der Waals surface area contributed by atoms with E-state index in [4.69, 9.17) is 4.98 Å². The first kappa shape index (κ1) is 24.9. The van der Waals surface area contributed by atoms with E-state index in [2.05, 4.69) is 80.2 Å². The molecule has 2 heterocycles. The molecule has 0 saturated carbocycles. The van der Waals surface area contributed by atoms with E-state index in [1.165, 1.54) is 67.3 Å². The number of hydrogen-bond donors (Lipinski definition) is 0. The number of unbranched alkanes of at least 4 members (excludes halogenated alkanes) is 2. The second kappa shape index (κ2) is 10.2. The van der Waals surface area contributed by atoms with Gasteiger partial charge in [-0.3, -0.25) is 4.90 Å². The maximum absolute atomic E-state index is 5.02. The van der Waals surface area contributed by atoms with E-state index in [1.807, 2.05) is 6.20 Å². The number of fused-ring (bicyclic) bond motifs is 1. The highest BCUT2D eigenvalue weighted by molar-refractivity contribution is 5.64. The average Bonchev–Trinajstić information content (AvgIpc) is 2.82. The topological polar surface area (TPSA) is 32.3 Å². The molecule has 1 aliphatic heterocycles. The molecule has 1 aromatic heterocycles. The van der Waals surface area contributed by atoms with Crippen molar-refractivity contribution < 1.29 is 0 Å². The van der Waals surface area contributed by atoms with Crippen molar-refractivity contribution in [1.29, 1.82) is 0 Å². The molecule has 0 amide bonds. The van der Waals surface area contributed by atoms with Crippen LogP contribution in [0.25, 0.3) is 11.3 Å². The normalized spacial score (nSPS) is 19.6. The predicted molar refractivity (Wildman–Crippen MR) is 145 cm³/mol. The van der Waals surface area contributed by atoms with E-state index in [-0.39, 0.29) is 10.8 Å². The Bertz CT molecular complexity index is 999. The third kappa shape index (κ3) is 5.71. The van der Waals surface area contributed by atoms with Gasteiger partial charge in [0.1, 0.15) is 0 Å². The van der Waals surface area contributed by atoms with Crippen molar-refractivity contribution in [3.8, 4) is 11.3 Å². The second-order valence-corrected chi connectivity index (χ2v) is 11.9. The van der Waals surface area contributed by atoms with E-state index in [0.29, 0.717) is 0 Å². The lowest BCUT2D eigenvalue weighted by Crippen LogP contribution is -2.47. The van der Waals surface area contributed by atoms with E-state index < -0.39 is 0 Å². The van der Waals surface area contributed by atoms with Crippen molar-refractivity contribution in [3.05, 3.63) is 53.7 Å². The summed E-state index contributed by atoms with van der Waals surface area (Å²) in [7, 11) is 0. The summed E-state index contributed by atoms with van der Waals surface area (Å²) in [6.07, 6.45) is 9.42. The van der Waals surface area contributed by atoms with Crippen LogP contribution in [0, 0.1) is 0 Å². The number of rotatable bonds is 8. The summed E-state index contributed by atoms with van der Waals surface area (Å²) in [4.78, 5) is 14.6. The molecule has 2 aromatic rings. The summed E-state index contributed by atoms with van der Waals surface area (Å²) in [5.74, 6) is 0.871. The van der Waals surface area contributed by atoms with Gasteiger partial charge in [-0.15, -0.1) is 6.58 Å². The SMILES string of the molecule is C=C(C)CCCCCN1CCN(c2nccc(-c3ccc4c(c3)C(C)(C)CCC4(C)C)n2)CC1. The molecule has 0 unspecified atom stereocenters. The monoisotopic (exact) mass is 460 g/mol. The van der Waals surface area contributed by atoms with Gasteiger partial charge in [-0.05, 0) is 79.7 Å². The van der Waals surface area contributed by atoms with Gasteiger partial charge in [-0.1, -0.05) is 51.8 Å². The fourth-order valence-electron chi connectivity index (χ4n) is 5.52. The van der Waals surface area contributed by atoms with E-state index in [9.17, 15) is 0 Å². The number of anilines is 1. The van der Waals surface area contributed by atoms with E-state index >= 15 is 0 Å². The Balaban J connectivity index is 1.40. The molecule has 1 saturated heterocycles. The average molecular weight is 461 g/mol. The minimum Gasteiger partial charge on any atom is -0.338 e. The minimum atomic E-state index is 0.206. The zero-order chi connectivity index (χ0) is 24.3. The van der Waals surface area contributed by atoms with Gasteiger partial charge in [0.2, 0.25) is 5.95 Å². The van der Waals surface area contributed by atoms with Gasteiger partial charge < -0.3 is 4.90 Å². The third-order valence-corrected chi connectivity index (χ3v) is 8.02. The van der Waals surface area contributed by atoms with Crippen LogP contribution in [0.2, 0.25) is 0 Å². The maximum atomic E-state index is 5.02. The van der Waals surface area contributed by atoms with Crippen LogP contribution in [-0.4, -0.2) is 47.6 Å². The van der Waals surface area contributed by atoms with E-state index in [1.54, 1.807) is 0 Å². The molecule has 1 aromatic carbocycles. The molecule has 4 heteroatoms. The largest absolute Gasteiger partial charge is 0.338 e. The zero-order valence-corrected chi connectivity index (χ0v) is 22.2. The summed E-state index contributed by atoms with van der Waals surface area (Å²) in [5.41, 5.74) is 6.98. The molecule has 0 bridgehead atoms. The number of allylic oxidation sites excluding steroid dienone is 1. The Labute approximate surface area is 207 Å². The molecule has 184 valence electrons. The predicted octanol–water partition coefficient (Wildman–Crippen LogP) is 6.75. The number of hydrogen-bond acceptors (Lipinski definition) is 4. The van der Waals surface area contributed by atoms with Gasteiger partial charge in [0.05, 0.1) is 5.69 Å². The quantitative estimate of drug-likeness (QED) is 0.322. The van der Waals surface area contributed by atoms with Gasteiger partial charge in [-0.25, -0.2) is 9.97 Å². The van der Waals surface area contributed by atoms with Gasteiger partial charge >= 0.3 is 0 Å². The number of piperazine rings is 1. The van der Waals surface area contributed by atoms with Crippen LogP contribution in [-0.2, 0) is 10.8 Å². The van der Waals surface area contributed by atoms with Crippen LogP contribution < -0.4 is 4.90 Å². The highest BCUT2D eigenvalue weighted by Gasteiger charge is 2.37. The number of benzene rings is 1. The van der Waals surface area contributed by atoms with Crippen LogP contribution in [0.4, 0.5) is 5.95 Å². The summed E-state index contributed by atoms with van der Waals surface area (Å²) in [6.45, 7) is 21.1. The van der Waals surface area contributed by atoms with Crippen LogP contribution >= 0.6 is 0 Å². The summed E-state index contributed by atoms with van der Waals surface area (Å²) in [5, 5.41) is 0. The van der Waals surface area contributed by atoms with Crippen LogP contribution in [0.3, 0.4) is 0 Å². The first-order chi connectivity index (χ1) is 16.2. The molecule has 4 rings (SSSR count). The second-order valence-electron chi connectivity index (χ2n) is 11.9. The van der Waals surface area contributed by atoms with Crippen molar-refractivity contribution in [3.63, 3.8) is 0 Å². The molecule has 0 atom stereocenters. The highest BCUT2D eigenvalue weighted by atomic mass is 15.3. The lowest BCUT2D eigenvalue weighted by molar-refractivity contribution is 0.251. The van der Waals surface area contributed by atoms with Crippen molar-refractivity contribution in [1.82, 2.24) is 14.9 Å². The molecule has 0 spiro atoms. The molecule has 34 heavy (non-hydrogen) atoms. The van der Waals surface area contributed by atoms with E-state index in [0.717, 1.165) is 37.8 Å².